The highest BCUT2D eigenvalue weighted by molar-refractivity contribution is 5.99. The van der Waals surface area contributed by atoms with Crippen LogP contribution in [-0.2, 0) is 16.1 Å². The topological polar surface area (TPSA) is 74.2 Å². The van der Waals surface area contributed by atoms with Gasteiger partial charge in [0, 0.05) is 26.2 Å². The van der Waals surface area contributed by atoms with Crippen LogP contribution in [0.5, 0.6) is 0 Å². The number of alkyl halides is 3. The van der Waals surface area contributed by atoms with Crippen molar-refractivity contribution in [1.82, 2.24) is 15.1 Å². The molecule has 10 heteroatoms. The number of fused-ring (bicyclic) bond motifs is 1. The lowest BCUT2D eigenvalue weighted by molar-refractivity contribution is -0.135. The van der Waals surface area contributed by atoms with Gasteiger partial charge >= 0.3 is 18.2 Å². The zero-order chi connectivity index (χ0) is 19.4. The summed E-state index contributed by atoms with van der Waals surface area (Å²) in [4.78, 5) is 31.1. The van der Waals surface area contributed by atoms with Crippen molar-refractivity contribution in [3.63, 3.8) is 0 Å². The number of halogens is 3. The second-order valence-electron chi connectivity index (χ2n) is 5.99. The van der Waals surface area contributed by atoms with Crippen LogP contribution in [0.4, 0.5) is 18.0 Å². The first kappa shape index (κ1) is 18.7. The van der Waals surface area contributed by atoms with Gasteiger partial charge < -0.3 is 15.0 Å². The molecule has 0 aliphatic carbocycles. The molecule has 7 nitrogen and oxygen atoms in total. The zero-order valence-corrected chi connectivity index (χ0v) is 14.2. The van der Waals surface area contributed by atoms with Crippen LogP contribution in [0.15, 0.2) is 47.3 Å². The second-order valence-corrected chi connectivity index (χ2v) is 5.99. The van der Waals surface area contributed by atoms with Crippen molar-refractivity contribution in [3.8, 4) is 0 Å². The molecule has 0 fully saturated rings. The lowest BCUT2D eigenvalue weighted by atomic mass is 10.2. The molecule has 0 bridgehead atoms. The van der Waals surface area contributed by atoms with E-state index in [9.17, 15) is 22.8 Å². The molecule has 0 saturated heterocycles. The fourth-order valence-electron chi connectivity index (χ4n) is 2.56. The summed E-state index contributed by atoms with van der Waals surface area (Å²) in [6, 6.07) is 8.84. The number of carbonyl (C=O) groups is 2. The van der Waals surface area contributed by atoms with Gasteiger partial charge in [0.1, 0.15) is 0 Å². The molecule has 0 spiro atoms. The fourth-order valence-corrected chi connectivity index (χ4v) is 2.56. The van der Waals surface area contributed by atoms with Crippen molar-refractivity contribution in [2.24, 2.45) is 4.99 Å². The minimum absolute atomic E-state index is 0.0588. The molecule has 0 unspecified atom stereocenters. The van der Waals surface area contributed by atoms with Crippen LogP contribution in [-0.4, -0.2) is 53.6 Å². The summed E-state index contributed by atoms with van der Waals surface area (Å²) >= 11 is 0. The summed E-state index contributed by atoms with van der Waals surface area (Å²) in [7, 11) is 0. The van der Waals surface area contributed by atoms with Crippen LogP contribution < -0.4 is 5.32 Å². The van der Waals surface area contributed by atoms with Crippen LogP contribution in [0.3, 0.4) is 0 Å². The SMILES string of the molecule is O=C(NCCC(F)(F)F)C1=CN2CCN(Cc3ccccc3)C(=O)N=C2O1. The summed E-state index contributed by atoms with van der Waals surface area (Å²) in [5.41, 5.74) is 0.953. The molecule has 1 aromatic carbocycles. The largest absolute Gasteiger partial charge is 0.418 e. The molecule has 2 heterocycles. The Labute approximate surface area is 153 Å². The minimum Gasteiger partial charge on any atom is -0.418 e. The van der Waals surface area contributed by atoms with Gasteiger partial charge in [-0.25, -0.2) is 4.79 Å². The maximum absolute atomic E-state index is 12.3. The Bertz CT molecular complexity index is 777. The molecule has 1 N–H and O–H groups in total. The Kier molecular flexibility index (Phi) is 5.33. The lowest BCUT2D eigenvalue weighted by Crippen LogP contribution is -2.32. The maximum atomic E-state index is 12.3. The molecule has 0 saturated carbocycles. The number of amidine groups is 1. The second kappa shape index (κ2) is 7.68. The Balaban J connectivity index is 1.58. The van der Waals surface area contributed by atoms with Crippen LogP contribution in [0, 0.1) is 0 Å². The van der Waals surface area contributed by atoms with Gasteiger partial charge in [-0.1, -0.05) is 30.3 Å². The Morgan fingerprint density at radius 1 is 1.22 bits per heavy atom. The van der Waals surface area contributed by atoms with Gasteiger partial charge in [-0.3, -0.25) is 9.69 Å². The molecule has 144 valence electrons. The number of nitrogens with one attached hydrogen (secondary N) is 1. The molecule has 0 radical (unpaired) electrons. The van der Waals surface area contributed by atoms with Crippen LogP contribution in [0.25, 0.3) is 0 Å². The van der Waals surface area contributed by atoms with Gasteiger partial charge in [0.2, 0.25) is 5.76 Å². The molecule has 1 aromatic rings. The van der Waals surface area contributed by atoms with E-state index in [1.807, 2.05) is 30.3 Å². The molecule has 0 aromatic heterocycles. The predicted molar refractivity (Wildman–Crippen MR) is 89.2 cm³/mol. The molecule has 0 atom stereocenters. The molecule has 3 amide bonds. The summed E-state index contributed by atoms with van der Waals surface area (Å²) < 4.78 is 41.7. The minimum atomic E-state index is -4.35. The number of ether oxygens (including phenoxy) is 1. The van der Waals surface area contributed by atoms with E-state index in [0.29, 0.717) is 19.6 Å². The van der Waals surface area contributed by atoms with E-state index < -0.39 is 31.1 Å². The molecular formula is C17H17F3N4O3. The average Bonchev–Trinajstić information content (AvgIpc) is 2.95. The Morgan fingerprint density at radius 3 is 2.67 bits per heavy atom. The standard InChI is InChI=1S/C17H17F3N4O3/c18-17(19,20)6-7-21-14(25)13-11-24-9-8-23(15(26)22-16(24)27-13)10-12-4-2-1-3-5-12/h1-5,11H,6-10H2,(H,21,25). The third-order valence-corrected chi connectivity index (χ3v) is 3.93. The zero-order valence-electron chi connectivity index (χ0n) is 14.2. The first-order chi connectivity index (χ1) is 12.8. The third-order valence-electron chi connectivity index (χ3n) is 3.93. The van der Waals surface area contributed by atoms with E-state index in [-0.39, 0.29) is 11.8 Å². The number of benzene rings is 1. The summed E-state index contributed by atoms with van der Waals surface area (Å²) in [6.45, 7) is 0.526. The Hall–Kier alpha value is -3.04. The number of carbonyl (C=O) groups excluding carboxylic acids is 2. The van der Waals surface area contributed by atoms with Gasteiger partial charge in [-0.05, 0) is 5.56 Å². The van der Waals surface area contributed by atoms with Crippen molar-refractivity contribution in [2.75, 3.05) is 19.6 Å². The van der Waals surface area contributed by atoms with Gasteiger partial charge in [0.05, 0.1) is 12.6 Å². The average molecular weight is 382 g/mol. The number of rotatable bonds is 5. The smallest absolute Gasteiger partial charge is 0.390 e. The summed E-state index contributed by atoms with van der Waals surface area (Å²) in [6.07, 6.45) is -4.16. The molecular weight excluding hydrogens is 365 g/mol. The molecule has 2 aliphatic heterocycles. The van der Waals surface area contributed by atoms with Gasteiger partial charge in [-0.2, -0.15) is 13.2 Å². The van der Waals surface area contributed by atoms with E-state index in [0.717, 1.165) is 5.56 Å². The van der Waals surface area contributed by atoms with Crippen molar-refractivity contribution < 1.29 is 27.5 Å². The van der Waals surface area contributed by atoms with Crippen LogP contribution in [0.2, 0.25) is 0 Å². The predicted octanol–water partition coefficient (Wildman–Crippen LogP) is 2.22. The number of hydrogen-bond donors (Lipinski definition) is 1. The summed E-state index contributed by atoms with van der Waals surface area (Å²) in [5.74, 6) is -0.983. The number of urea groups is 1. The van der Waals surface area contributed by atoms with Crippen molar-refractivity contribution in [2.45, 2.75) is 19.1 Å². The van der Waals surface area contributed by atoms with E-state index in [1.165, 1.54) is 11.1 Å². The van der Waals surface area contributed by atoms with Crippen molar-refractivity contribution in [3.05, 3.63) is 47.9 Å². The Morgan fingerprint density at radius 2 is 1.96 bits per heavy atom. The molecule has 27 heavy (non-hydrogen) atoms. The number of hydrogen-bond acceptors (Lipinski definition) is 4. The number of aliphatic imine (C=N–C) groups is 1. The highest BCUT2D eigenvalue weighted by atomic mass is 19.4. The lowest BCUT2D eigenvalue weighted by Gasteiger charge is -2.19. The summed E-state index contributed by atoms with van der Waals surface area (Å²) in [5, 5.41) is 2.13. The van der Waals surface area contributed by atoms with Gasteiger partial charge in [-0.15, -0.1) is 4.99 Å². The molecule has 2 aliphatic rings. The van der Waals surface area contributed by atoms with Gasteiger partial charge in [0.25, 0.3) is 5.91 Å². The highest BCUT2D eigenvalue weighted by Gasteiger charge is 2.32. The van der Waals surface area contributed by atoms with E-state index >= 15 is 0 Å². The highest BCUT2D eigenvalue weighted by Crippen LogP contribution is 2.20. The quantitative estimate of drug-likeness (QED) is 0.848. The number of amides is 3. The molecule has 3 rings (SSSR count). The normalized spacial score (nSPS) is 16.9. The fraction of sp³-hybridized carbons (Fsp3) is 0.353. The first-order valence-corrected chi connectivity index (χ1v) is 8.24. The number of nitrogens with zero attached hydrogens (tertiary/aromatic N) is 3. The van der Waals surface area contributed by atoms with Crippen LogP contribution in [0.1, 0.15) is 12.0 Å². The van der Waals surface area contributed by atoms with Crippen molar-refractivity contribution in [1.29, 1.82) is 0 Å². The first-order valence-electron chi connectivity index (χ1n) is 8.24. The third kappa shape index (κ3) is 4.99. The van der Waals surface area contributed by atoms with Gasteiger partial charge in [0.15, 0.2) is 0 Å². The van der Waals surface area contributed by atoms with E-state index in [1.54, 1.807) is 4.90 Å². The van der Waals surface area contributed by atoms with E-state index in [2.05, 4.69) is 10.3 Å². The van der Waals surface area contributed by atoms with E-state index in [4.69, 9.17) is 4.74 Å². The van der Waals surface area contributed by atoms with Crippen LogP contribution >= 0.6 is 0 Å². The maximum Gasteiger partial charge on any atom is 0.390 e. The monoisotopic (exact) mass is 382 g/mol. The van der Waals surface area contributed by atoms with Crippen molar-refractivity contribution >= 4 is 18.0 Å².